The highest BCUT2D eigenvalue weighted by atomic mass is 16.5. The molecule has 0 aliphatic heterocycles. The maximum absolute atomic E-state index is 5.38. The highest BCUT2D eigenvalue weighted by Crippen LogP contribution is 2.41. The molecule has 0 bridgehead atoms. The summed E-state index contributed by atoms with van der Waals surface area (Å²) in [5.74, 6) is 3.96. The second-order valence-corrected chi connectivity index (χ2v) is 5.57. The number of aromatic nitrogens is 2. The van der Waals surface area contributed by atoms with E-state index in [1.54, 1.807) is 21.3 Å². The van der Waals surface area contributed by atoms with Gasteiger partial charge in [0.25, 0.3) is 0 Å². The Morgan fingerprint density at radius 3 is 2.13 bits per heavy atom. The third-order valence-corrected chi connectivity index (χ3v) is 3.75. The Morgan fingerprint density at radius 2 is 1.61 bits per heavy atom. The molecule has 1 heterocycles. The van der Waals surface area contributed by atoms with Crippen LogP contribution in [0.4, 0.5) is 11.5 Å². The molecule has 0 spiro atoms. The Labute approximate surface area is 135 Å². The van der Waals surface area contributed by atoms with Crippen molar-refractivity contribution in [2.75, 3.05) is 26.6 Å². The molecular weight excluding hydrogens is 294 g/mol. The number of ether oxygens (including phenoxy) is 3. The number of hydrogen-bond acceptors (Lipinski definition) is 6. The van der Waals surface area contributed by atoms with Crippen LogP contribution in [0, 0.1) is 6.92 Å². The highest BCUT2D eigenvalue weighted by Gasteiger charge is 2.27. The fourth-order valence-electron chi connectivity index (χ4n) is 2.48. The van der Waals surface area contributed by atoms with E-state index >= 15 is 0 Å². The lowest BCUT2D eigenvalue weighted by Gasteiger charge is -2.15. The van der Waals surface area contributed by atoms with Gasteiger partial charge in [-0.25, -0.2) is 9.97 Å². The summed E-state index contributed by atoms with van der Waals surface area (Å²) < 4.78 is 16.1. The van der Waals surface area contributed by atoms with Gasteiger partial charge in [-0.2, -0.15) is 0 Å². The number of nitrogens with zero attached hydrogens (tertiary/aromatic N) is 2. The molecule has 1 aromatic carbocycles. The summed E-state index contributed by atoms with van der Waals surface area (Å²) in [5, 5.41) is 3.30. The summed E-state index contributed by atoms with van der Waals surface area (Å²) in [6.45, 7) is 1.98. The van der Waals surface area contributed by atoms with Gasteiger partial charge in [0.15, 0.2) is 11.5 Å². The lowest BCUT2D eigenvalue weighted by atomic mass is 10.2. The molecule has 23 heavy (non-hydrogen) atoms. The summed E-state index contributed by atoms with van der Waals surface area (Å²) in [4.78, 5) is 9.12. The molecular formula is C17H21N3O3. The van der Waals surface area contributed by atoms with Crippen LogP contribution in [0.1, 0.15) is 30.3 Å². The van der Waals surface area contributed by atoms with Gasteiger partial charge in [-0.15, -0.1) is 0 Å². The summed E-state index contributed by atoms with van der Waals surface area (Å²) in [5.41, 5.74) is 1.77. The molecule has 1 aromatic heterocycles. The van der Waals surface area contributed by atoms with Crippen LogP contribution in [-0.4, -0.2) is 31.3 Å². The minimum atomic E-state index is 0.510. The summed E-state index contributed by atoms with van der Waals surface area (Å²) in [7, 11) is 4.78. The average Bonchev–Trinajstić information content (AvgIpc) is 3.38. The molecule has 1 saturated carbocycles. The van der Waals surface area contributed by atoms with E-state index in [-0.39, 0.29) is 0 Å². The number of rotatable bonds is 6. The minimum Gasteiger partial charge on any atom is -0.493 e. The number of benzene rings is 1. The molecule has 1 fully saturated rings. The molecule has 6 nitrogen and oxygen atoms in total. The first-order valence-electron chi connectivity index (χ1n) is 7.57. The van der Waals surface area contributed by atoms with Gasteiger partial charge >= 0.3 is 0 Å². The van der Waals surface area contributed by atoms with E-state index in [0.29, 0.717) is 23.2 Å². The first-order chi connectivity index (χ1) is 11.1. The van der Waals surface area contributed by atoms with Crippen LogP contribution in [0.25, 0.3) is 0 Å². The fourth-order valence-corrected chi connectivity index (χ4v) is 2.48. The Morgan fingerprint density at radius 1 is 0.957 bits per heavy atom. The normalized spacial score (nSPS) is 13.6. The van der Waals surface area contributed by atoms with Crippen LogP contribution in [0.5, 0.6) is 17.2 Å². The number of hydrogen-bond donors (Lipinski definition) is 1. The van der Waals surface area contributed by atoms with Gasteiger partial charge in [-0.3, -0.25) is 0 Å². The molecule has 122 valence electrons. The third kappa shape index (κ3) is 3.31. The predicted octanol–water partition coefficient (Wildman–Crippen LogP) is 3.43. The summed E-state index contributed by atoms with van der Waals surface area (Å²) in [6, 6.07) is 5.64. The van der Waals surface area contributed by atoms with E-state index < -0.39 is 0 Å². The van der Waals surface area contributed by atoms with Gasteiger partial charge in [0, 0.05) is 35.5 Å². The number of anilines is 2. The largest absolute Gasteiger partial charge is 0.493 e. The van der Waals surface area contributed by atoms with Gasteiger partial charge in [-0.05, 0) is 19.8 Å². The van der Waals surface area contributed by atoms with Gasteiger partial charge < -0.3 is 19.5 Å². The first kappa shape index (κ1) is 15.4. The van der Waals surface area contributed by atoms with Crippen molar-refractivity contribution in [3.05, 3.63) is 29.7 Å². The second kappa shape index (κ2) is 6.32. The third-order valence-electron chi connectivity index (χ3n) is 3.75. The number of aryl methyl sites for hydroxylation is 1. The van der Waals surface area contributed by atoms with Crippen molar-refractivity contribution in [3.8, 4) is 17.2 Å². The average molecular weight is 315 g/mol. The van der Waals surface area contributed by atoms with E-state index in [0.717, 1.165) is 23.0 Å². The lowest BCUT2D eigenvalue weighted by molar-refractivity contribution is 0.324. The Kier molecular flexibility index (Phi) is 4.23. The van der Waals surface area contributed by atoms with Crippen molar-refractivity contribution >= 4 is 11.5 Å². The van der Waals surface area contributed by atoms with Crippen molar-refractivity contribution in [1.29, 1.82) is 0 Å². The fraction of sp³-hybridized carbons (Fsp3) is 0.412. The zero-order chi connectivity index (χ0) is 16.4. The van der Waals surface area contributed by atoms with Crippen molar-refractivity contribution in [2.45, 2.75) is 25.7 Å². The van der Waals surface area contributed by atoms with Gasteiger partial charge in [0.1, 0.15) is 11.6 Å². The van der Waals surface area contributed by atoms with Crippen LogP contribution in [0.3, 0.4) is 0 Å². The topological polar surface area (TPSA) is 65.5 Å². The first-order valence-corrected chi connectivity index (χ1v) is 7.57. The summed E-state index contributed by atoms with van der Waals surface area (Å²) >= 11 is 0. The molecule has 0 amide bonds. The van der Waals surface area contributed by atoms with Crippen LogP contribution in [-0.2, 0) is 0 Å². The van der Waals surface area contributed by atoms with Crippen LogP contribution in [0.15, 0.2) is 18.2 Å². The smallest absolute Gasteiger partial charge is 0.203 e. The zero-order valence-electron chi connectivity index (χ0n) is 13.8. The van der Waals surface area contributed by atoms with E-state index in [4.69, 9.17) is 14.2 Å². The van der Waals surface area contributed by atoms with E-state index in [1.165, 1.54) is 12.8 Å². The maximum atomic E-state index is 5.38. The lowest BCUT2D eigenvalue weighted by Crippen LogP contribution is -2.02. The van der Waals surface area contributed by atoms with E-state index in [1.807, 2.05) is 25.1 Å². The molecule has 0 unspecified atom stereocenters. The number of nitrogens with one attached hydrogen (secondary N) is 1. The van der Waals surface area contributed by atoms with Gasteiger partial charge in [0.05, 0.1) is 21.3 Å². The molecule has 6 heteroatoms. The molecule has 2 aromatic rings. The molecule has 1 aliphatic carbocycles. The van der Waals surface area contributed by atoms with E-state index in [2.05, 4.69) is 15.3 Å². The molecule has 1 N–H and O–H groups in total. The second-order valence-electron chi connectivity index (χ2n) is 5.57. The van der Waals surface area contributed by atoms with Gasteiger partial charge in [-0.1, -0.05) is 0 Å². The molecule has 0 radical (unpaired) electrons. The monoisotopic (exact) mass is 315 g/mol. The maximum Gasteiger partial charge on any atom is 0.203 e. The van der Waals surface area contributed by atoms with Crippen molar-refractivity contribution in [2.24, 2.45) is 0 Å². The summed E-state index contributed by atoms with van der Waals surface area (Å²) in [6.07, 6.45) is 2.35. The molecule has 0 atom stereocenters. The van der Waals surface area contributed by atoms with Gasteiger partial charge in [0.2, 0.25) is 5.75 Å². The Bertz CT molecular complexity index is 689. The van der Waals surface area contributed by atoms with Crippen molar-refractivity contribution in [3.63, 3.8) is 0 Å². The minimum absolute atomic E-state index is 0.510. The molecule has 3 rings (SSSR count). The van der Waals surface area contributed by atoms with Crippen molar-refractivity contribution in [1.82, 2.24) is 9.97 Å². The Hall–Kier alpha value is -2.50. The predicted molar refractivity (Wildman–Crippen MR) is 88.1 cm³/mol. The molecule has 1 aliphatic rings. The SMILES string of the molecule is COc1cc(Nc2cc(C)nc(C3CC3)n2)cc(OC)c1OC. The van der Waals surface area contributed by atoms with Crippen molar-refractivity contribution < 1.29 is 14.2 Å². The zero-order valence-corrected chi connectivity index (χ0v) is 13.8. The van der Waals surface area contributed by atoms with Crippen LogP contribution in [0.2, 0.25) is 0 Å². The quantitative estimate of drug-likeness (QED) is 0.881. The Balaban J connectivity index is 1.93. The standard InChI is InChI=1S/C17H21N3O3/c1-10-7-15(20-17(18-10)11-5-6-11)19-12-8-13(21-2)16(23-4)14(9-12)22-3/h7-9,11H,5-6H2,1-4H3,(H,18,19,20). The van der Waals surface area contributed by atoms with E-state index in [9.17, 15) is 0 Å². The highest BCUT2D eigenvalue weighted by molar-refractivity contribution is 5.66. The van der Waals surface area contributed by atoms with Crippen LogP contribution < -0.4 is 19.5 Å². The molecule has 0 saturated heterocycles. The van der Waals surface area contributed by atoms with Crippen LogP contribution >= 0.6 is 0 Å². The number of methoxy groups -OCH3 is 3.